The van der Waals surface area contributed by atoms with Gasteiger partial charge < -0.3 is 4.18 Å². The van der Waals surface area contributed by atoms with Crippen molar-refractivity contribution in [1.29, 1.82) is 0 Å². The molecule has 0 spiro atoms. The molecule has 0 amide bonds. The van der Waals surface area contributed by atoms with Crippen LogP contribution in [0.1, 0.15) is 0 Å². The van der Waals surface area contributed by atoms with Crippen molar-refractivity contribution in [1.82, 2.24) is 0 Å². The van der Waals surface area contributed by atoms with Crippen LogP contribution in [0.5, 0.6) is 5.75 Å². The summed E-state index contributed by atoms with van der Waals surface area (Å²) in [6.07, 6.45) is 0. The SMILES string of the molecule is O=S(=O)(O)c1cccc(S(=O)(=O)Oc2cccc(-c3ccccc3)c2-c2ccccc2)c1. The molecule has 32 heavy (non-hydrogen) atoms. The van der Waals surface area contributed by atoms with E-state index in [9.17, 15) is 21.4 Å². The Balaban J connectivity index is 1.86. The molecule has 0 aliphatic rings. The quantitative estimate of drug-likeness (QED) is 0.316. The summed E-state index contributed by atoms with van der Waals surface area (Å²) in [6.45, 7) is 0. The van der Waals surface area contributed by atoms with Crippen molar-refractivity contribution in [2.45, 2.75) is 9.79 Å². The zero-order valence-corrected chi connectivity index (χ0v) is 18.3. The van der Waals surface area contributed by atoms with E-state index in [1.165, 1.54) is 12.1 Å². The van der Waals surface area contributed by atoms with Gasteiger partial charge in [0.1, 0.15) is 4.90 Å². The van der Waals surface area contributed by atoms with Crippen molar-refractivity contribution in [3.8, 4) is 28.0 Å². The van der Waals surface area contributed by atoms with Crippen molar-refractivity contribution >= 4 is 20.2 Å². The van der Waals surface area contributed by atoms with E-state index in [0.29, 0.717) is 5.56 Å². The first kappa shape index (κ1) is 21.8. The van der Waals surface area contributed by atoms with Gasteiger partial charge in [-0.15, -0.1) is 0 Å². The average Bonchev–Trinajstić information content (AvgIpc) is 2.79. The molecule has 8 heteroatoms. The fourth-order valence-corrected chi connectivity index (χ4v) is 4.91. The topological polar surface area (TPSA) is 97.7 Å². The molecule has 4 rings (SSSR count). The Morgan fingerprint density at radius 2 is 1.16 bits per heavy atom. The molecule has 0 heterocycles. The van der Waals surface area contributed by atoms with Crippen LogP contribution < -0.4 is 4.18 Å². The third-order valence-corrected chi connectivity index (χ3v) is 6.84. The summed E-state index contributed by atoms with van der Waals surface area (Å²) in [5.74, 6) is 0.0924. The van der Waals surface area contributed by atoms with E-state index in [1.807, 2.05) is 66.7 Å². The van der Waals surface area contributed by atoms with Crippen LogP contribution in [0.25, 0.3) is 22.3 Å². The fraction of sp³-hybridized carbons (Fsp3) is 0. The molecule has 4 aromatic carbocycles. The van der Waals surface area contributed by atoms with Gasteiger partial charge in [-0.1, -0.05) is 78.9 Å². The van der Waals surface area contributed by atoms with Crippen LogP contribution in [-0.2, 0) is 20.2 Å². The maximum absolute atomic E-state index is 13.0. The average molecular weight is 467 g/mol. The molecule has 0 radical (unpaired) electrons. The predicted molar refractivity (Wildman–Crippen MR) is 121 cm³/mol. The van der Waals surface area contributed by atoms with Crippen LogP contribution in [0.4, 0.5) is 0 Å². The minimum atomic E-state index is -4.57. The van der Waals surface area contributed by atoms with Gasteiger partial charge in [0.15, 0.2) is 5.75 Å². The monoisotopic (exact) mass is 466 g/mol. The molecule has 0 bridgehead atoms. The maximum atomic E-state index is 13.0. The highest BCUT2D eigenvalue weighted by atomic mass is 32.2. The van der Waals surface area contributed by atoms with Gasteiger partial charge in [-0.2, -0.15) is 16.8 Å². The Kier molecular flexibility index (Phi) is 5.84. The van der Waals surface area contributed by atoms with Crippen LogP contribution in [0.2, 0.25) is 0 Å². The van der Waals surface area contributed by atoms with Gasteiger partial charge in [0, 0.05) is 5.56 Å². The van der Waals surface area contributed by atoms with E-state index in [4.69, 9.17) is 4.18 Å². The molecule has 0 aromatic heterocycles. The lowest BCUT2D eigenvalue weighted by Crippen LogP contribution is -2.11. The Morgan fingerprint density at radius 3 is 1.78 bits per heavy atom. The van der Waals surface area contributed by atoms with Gasteiger partial charge >= 0.3 is 10.1 Å². The van der Waals surface area contributed by atoms with Crippen LogP contribution in [-0.4, -0.2) is 21.4 Å². The second-order valence-corrected chi connectivity index (χ2v) is 9.87. The third kappa shape index (κ3) is 4.57. The van der Waals surface area contributed by atoms with Gasteiger partial charge in [-0.25, -0.2) is 0 Å². The fourth-order valence-electron chi connectivity index (χ4n) is 3.32. The molecule has 6 nitrogen and oxygen atoms in total. The van der Waals surface area contributed by atoms with E-state index in [-0.39, 0.29) is 5.75 Å². The summed E-state index contributed by atoms with van der Waals surface area (Å²) < 4.78 is 63.6. The third-order valence-electron chi connectivity index (χ3n) is 4.77. The lowest BCUT2D eigenvalue weighted by molar-refractivity contribution is 0.482. The second kappa shape index (κ2) is 8.58. The number of hydrogen-bond donors (Lipinski definition) is 1. The minimum Gasteiger partial charge on any atom is -0.378 e. The van der Waals surface area contributed by atoms with Crippen LogP contribution >= 0.6 is 0 Å². The molecular weight excluding hydrogens is 448 g/mol. The van der Waals surface area contributed by atoms with E-state index in [1.54, 1.807) is 12.1 Å². The molecule has 0 saturated heterocycles. The Labute approximate surface area is 186 Å². The lowest BCUT2D eigenvalue weighted by atomic mass is 9.94. The number of hydrogen-bond acceptors (Lipinski definition) is 5. The highest BCUT2D eigenvalue weighted by Crippen LogP contribution is 2.40. The first-order valence-electron chi connectivity index (χ1n) is 9.52. The lowest BCUT2D eigenvalue weighted by Gasteiger charge is -2.16. The highest BCUT2D eigenvalue weighted by Gasteiger charge is 2.23. The van der Waals surface area contributed by atoms with Gasteiger partial charge in [0.2, 0.25) is 0 Å². The molecule has 0 saturated carbocycles. The van der Waals surface area contributed by atoms with E-state index in [2.05, 4.69) is 0 Å². The van der Waals surface area contributed by atoms with Crippen molar-refractivity contribution in [3.63, 3.8) is 0 Å². The summed E-state index contributed by atoms with van der Waals surface area (Å²) in [6, 6.07) is 28.2. The number of rotatable bonds is 6. The zero-order valence-electron chi connectivity index (χ0n) is 16.6. The van der Waals surface area contributed by atoms with Crippen LogP contribution in [0.3, 0.4) is 0 Å². The summed E-state index contributed by atoms with van der Waals surface area (Å²) in [5.41, 5.74) is 2.98. The highest BCUT2D eigenvalue weighted by molar-refractivity contribution is 7.87. The van der Waals surface area contributed by atoms with E-state index >= 15 is 0 Å². The summed E-state index contributed by atoms with van der Waals surface area (Å²) >= 11 is 0. The Morgan fingerprint density at radius 1 is 0.594 bits per heavy atom. The normalized spacial score (nSPS) is 11.8. The van der Waals surface area contributed by atoms with Crippen molar-refractivity contribution in [2.24, 2.45) is 0 Å². The molecule has 0 aliphatic carbocycles. The summed E-state index contributed by atoms with van der Waals surface area (Å²) in [7, 11) is -8.97. The molecule has 0 aliphatic heterocycles. The first-order valence-corrected chi connectivity index (χ1v) is 12.4. The van der Waals surface area contributed by atoms with Gasteiger partial charge in [-0.3, -0.25) is 4.55 Å². The smallest absolute Gasteiger partial charge is 0.339 e. The molecular formula is C24H18O6S2. The predicted octanol–water partition coefficient (Wildman–Crippen LogP) is 5.04. The molecule has 1 N–H and O–H groups in total. The Bertz CT molecular complexity index is 1460. The molecule has 0 fully saturated rings. The largest absolute Gasteiger partial charge is 0.378 e. The van der Waals surface area contributed by atoms with Crippen LogP contribution in [0, 0.1) is 0 Å². The molecule has 0 unspecified atom stereocenters. The summed E-state index contributed by atoms with van der Waals surface area (Å²) in [4.78, 5) is -0.930. The van der Waals surface area contributed by atoms with E-state index in [0.717, 1.165) is 28.8 Å². The summed E-state index contributed by atoms with van der Waals surface area (Å²) in [5, 5.41) is 0. The van der Waals surface area contributed by atoms with Gasteiger partial charge in [-0.05, 0) is 41.0 Å². The standard InChI is InChI=1S/C24H18O6S2/c25-31(26,27)20-13-7-14-21(17-20)32(28,29)30-23-16-8-15-22(18-9-3-1-4-10-18)24(23)19-11-5-2-6-12-19/h1-17H,(H,25,26,27). The minimum absolute atomic E-state index is 0.0924. The zero-order chi connectivity index (χ0) is 22.8. The Hall–Kier alpha value is -3.46. The molecule has 0 atom stereocenters. The van der Waals surface area contributed by atoms with Gasteiger partial charge in [0.05, 0.1) is 4.90 Å². The van der Waals surface area contributed by atoms with Crippen molar-refractivity contribution in [2.75, 3.05) is 0 Å². The maximum Gasteiger partial charge on any atom is 0.339 e. The molecule has 4 aromatic rings. The van der Waals surface area contributed by atoms with Crippen molar-refractivity contribution < 1.29 is 25.6 Å². The van der Waals surface area contributed by atoms with Gasteiger partial charge in [0.25, 0.3) is 10.1 Å². The van der Waals surface area contributed by atoms with Crippen molar-refractivity contribution in [3.05, 3.63) is 103 Å². The molecule has 162 valence electrons. The second-order valence-electron chi connectivity index (χ2n) is 6.90. The number of benzene rings is 4. The van der Waals surface area contributed by atoms with Crippen LogP contribution in [0.15, 0.2) is 113 Å². The van der Waals surface area contributed by atoms with E-state index < -0.39 is 30.0 Å². The first-order chi connectivity index (χ1) is 15.3.